The van der Waals surface area contributed by atoms with Crippen molar-refractivity contribution >= 4 is 46.1 Å². The lowest BCUT2D eigenvalue weighted by Crippen LogP contribution is -2.43. The van der Waals surface area contributed by atoms with Crippen LogP contribution in [0.4, 0.5) is 11.4 Å². The van der Waals surface area contributed by atoms with E-state index in [0.717, 1.165) is 11.3 Å². The van der Waals surface area contributed by atoms with Crippen molar-refractivity contribution in [3.63, 3.8) is 0 Å². The number of rotatable bonds is 5. The predicted octanol–water partition coefficient (Wildman–Crippen LogP) is 3.84. The number of thiazole rings is 1. The topological polar surface area (TPSA) is 80.8 Å². The number of nitrogens with zero attached hydrogens (tertiary/aromatic N) is 2. The van der Waals surface area contributed by atoms with Crippen LogP contribution in [0.25, 0.3) is 11.3 Å². The van der Waals surface area contributed by atoms with Crippen LogP contribution in [-0.2, 0) is 9.59 Å². The minimum atomic E-state index is -0.355. The summed E-state index contributed by atoms with van der Waals surface area (Å²) in [6.07, 6.45) is 0. The molecule has 2 heterocycles. The molecule has 0 radical (unpaired) electrons. The van der Waals surface area contributed by atoms with Crippen LogP contribution in [0.15, 0.2) is 47.3 Å². The lowest BCUT2D eigenvalue weighted by Gasteiger charge is -2.29. The minimum absolute atomic E-state index is 0.120. The number of fused-ring (bicyclic) bond motifs is 1. The minimum Gasteiger partial charge on any atom is -0.495 e. The van der Waals surface area contributed by atoms with Gasteiger partial charge < -0.3 is 14.8 Å². The van der Waals surface area contributed by atoms with Crippen LogP contribution < -0.4 is 19.7 Å². The third-order valence-electron chi connectivity index (χ3n) is 4.37. The van der Waals surface area contributed by atoms with Crippen LogP contribution in [0.3, 0.4) is 0 Å². The highest BCUT2D eigenvalue weighted by Gasteiger charge is 2.28. The molecule has 1 aromatic heterocycles. The SMILES string of the molecule is COc1ccc(NC(=O)CN2C(=O)COc3ccc(-c4cscn4)cc32)cc1Cl. The lowest BCUT2D eigenvalue weighted by atomic mass is 10.1. The molecule has 0 bridgehead atoms. The van der Waals surface area contributed by atoms with Crippen molar-refractivity contribution in [2.75, 3.05) is 30.5 Å². The van der Waals surface area contributed by atoms with Gasteiger partial charge in [-0.15, -0.1) is 11.3 Å². The Morgan fingerprint density at radius 2 is 2.21 bits per heavy atom. The van der Waals surface area contributed by atoms with Crippen LogP contribution in [-0.4, -0.2) is 37.1 Å². The van der Waals surface area contributed by atoms with E-state index in [2.05, 4.69) is 10.3 Å². The van der Waals surface area contributed by atoms with Gasteiger partial charge in [0.1, 0.15) is 18.0 Å². The van der Waals surface area contributed by atoms with Crippen LogP contribution in [0.1, 0.15) is 0 Å². The predicted molar refractivity (Wildman–Crippen MR) is 112 cm³/mol. The summed E-state index contributed by atoms with van der Waals surface area (Å²) in [6.45, 7) is -0.274. The Kier molecular flexibility index (Phi) is 5.37. The number of benzene rings is 2. The van der Waals surface area contributed by atoms with Crippen molar-refractivity contribution in [3.05, 3.63) is 52.3 Å². The van der Waals surface area contributed by atoms with Gasteiger partial charge >= 0.3 is 0 Å². The zero-order valence-corrected chi connectivity index (χ0v) is 16.9. The highest BCUT2D eigenvalue weighted by Crippen LogP contribution is 2.36. The molecule has 3 aromatic rings. The van der Waals surface area contributed by atoms with E-state index in [-0.39, 0.29) is 25.0 Å². The van der Waals surface area contributed by atoms with Gasteiger partial charge in [0.05, 0.1) is 29.0 Å². The van der Waals surface area contributed by atoms with Gasteiger partial charge in [0, 0.05) is 16.6 Å². The molecule has 1 aliphatic rings. The largest absolute Gasteiger partial charge is 0.495 e. The zero-order valence-electron chi connectivity index (χ0n) is 15.3. The van der Waals surface area contributed by atoms with Gasteiger partial charge in [-0.1, -0.05) is 11.6 Å². The number of hydrogen-bond donors (Lipinski definition) is 1. The smallest absolute Gasteiger partial charge is 0.265 e. The van der Waals surface area contributed by atoms with E-state index in [0.29, 0.717) is 27.9 Å². The van der Waals surface area contributed by atoms with Crippen LogP contribution in [0.2, 0.25) is 5.02 Å². The third-order valence-corrected chi connectivity index (χ3v) is 5.25. The lowest BCUT2D eigenvalue weighted by molar-refractivity contribution is -0.123. The summed E-state index contributed by atoms with van der Waals surface area (Å²) in [4.78, 5) is 30.7. The van der Waals surface area contributed by atoms with Crippen molar-refractivity contribution in [3.8, 4) is 22.8 Å². The fourth-order valence-corrected chi connectivity index (χ4v) is 3.80. The van der Waals surface area contributed by atoms with Crippen molar-refractivity contribution < 1.29 is 19.1 Å². The first kappa shape index (κ1) is 19.2. The monoisotopic (exact) mass is 429 g/mol. The number of hydrogen-bond acceptors (Lipinski definition) is 6. The maximum atomic E-state index is 12.6. The van der Waals surface area contributed by atoms with Gasteiger partial charge in [-0.2, -0.15) is 0 Å². The van der Waals surface area contributed by atoms with Crippen LogP contribution >= 0.6 is 22.9 Å². The Labute approximate surface area is 175 Å². The van der Waals surface area contributed by atoms with Crippen molar-refractivity contribution in [1.82, 2.24) is 4.98 Å². The molecule has 0 atom stereocenters. The van der Waals surface area contributed by atoms with Gasteiger partial charge in [-0.3, -0.25) is 14.5 Å². The molecule has 29 heavy (non-hydrogen) atoms. The summed E-state index contributed by atoms with van der Waals surface area (Å²) in [6, 6.07) is 10.4. The first-order valence-electron chi connectivity index (χ1n) is 8.64. The molecule has 0 fully saturated rings. The number of carbonyl (C=O) groups is 2. The molecule has 1 aliphatic heterocycles. The Bertz CT molecular complexity index is 1070. The Balaban J connectivity index is 1.55. The van der Waals surface area contributed by atoms with Gasteiger partial charge in [-0.05, 0) is 36.4 Å². The molecule has 2 aromatic carbocycles. The average molecular weight is 430 g/mol. The van der Waals surface area contributed by atoms with E-state index < -0.39 is 0 Å². The first-order chi connectivity index (χ1) is 14.0. The zero-order chi connectivity index (χ0) is 20.4. The second-order valence-corrected chi connectivity index (χ2v) is 7.35. The molecule has 9 heteroatoms. The van der Waals surface area contributed by atoms with Gasteiger partial charge in [0.15, 0.2) is 6.61 Å². The van der Waals surface area contributed by atoms with E-state index in [9.17, 15) is 9.59 Å². The summed E-state index contributed by atoms with van der Waals surface area (Å²) in [5.41, 5.74) is 4.43. The Hall–Kier alpha value is -3.10. The molecule has 2 amide bonds. The molecular formula is C20H16ClN3O4S. The molecular weight excluding hydrogens is 414 g/mol. The number of ether oxygens (including phenoxy) is 2. The van der Waals surface area contributed by atoms with Gasteiger partial charge in [0.2, 0.25) is 5.91 Å². The number of anilines is 2. The van der Waals surface area contributed by atoms with Crippen molar-refractivity contribution in [2.45, 2.75) is 0 Å². The molecule has 7 nitrogen and oxygen atoms in total. The number of aromatic nitrogens is 1. The fourth-order valence-electron chi connectivity index (χ4n) is 2.98. The number of amides is 2. The van der Waals surface area contributed by atoms with E-state index in [1.165, 1.54) is 23.3 Å². The summed E-state index contributed by atoms with van der Waals surface area (Å²) in [7, 11) is 1.51. The summed E-state index contributed by atoms with van der Waals surface area (Å²) in [5.74, 6) is 0.405. The summed E-state index contributed by atoms with van der Waals surface area (Å²) < 4.78 is 10.6. The average Bonchev–Trinajstić information content (AvgIpc) is 3.25. The second kappa shape index (κ2) is 8.10. The third kappa shape index (κ3) is 4.03. The normalized spacial score (nSPS) is 12.9. The highest BCUT2D eigenvalue weighted by molar-refractivity contribution is 7.07. The summed E-state index contributed by atoms with van der Waals surface area (Å²) >= 11 is 7.58. The highest BCUT2D eigenvalue weighted by atomic mass is 35.5. The Morgan fingerprint density at radius 3 is 2.93 bits per heavy atom. The van der Waals surface area contributed by atoms with E-state index >= 15 is 0 Å². The van der Waals surface area contributed by atoms with E-state index in [1.807, 2.05) is 11.4 Å². The summed E-state index contributed by atoms with van der Waals surface area (Å²) in [5, 5.41) is 5.05. The van der Waals surface area contributed by atoms with Crippen LogP contribution in [0.5, 0.6) is 11.5 Å². The second-order valence-electron chi connectivity index (χ2n) is 6.22. The molecule has 0 unspecified atom stereocenters. The molecule has 0 spiro atoms. The van der Waals surface area contributed by atoms with Crippen molar-refractivity contribution in [2.24, 2.45) is 0 Å². The fraction of sp³-hybridized carbons (Fsp3) is 0.150. The molecule has 4 rings (SSSR count). The number of methoxy groups -OCH3 is 1. The molecule has 1 N–H and O–H groups in total. The number of carbonyl (C=O) groups excluding carboxylic acids is 2. The van der Waals surface area contributed by atoms with E-state index in [4.69, 9.17) is 21.1 Å². The Morgan fingerprint density at radius 1 is 1.34 bits per heavy atom. The number of nitrogens with one attached hydrogen (secondary N) is 1. The molecule has 148 valence electrons. The van der Waals surface area contributed by atoms with E-state index in [1.54, 1.807) is 35.8 Å². The van der Waals surface area contributed by atoms with Crippen LogP contribution in [0, 0.1) is 0 Å². The standard InChI is InChI=1S/C20H16ClN3O4S/c1-27-17-5-3-13(7-14(17)21)23-19(25)8-24-16-6-12(15-10-29-11-22-15)2-4-18(16)28-9-20(24)26/h2-7,10-11H,8-9H2,1H3,(H,23,25). The van der Waals surface area contributed by atoms with Crippen molar-refractivity contribution in [1.29, 1.82) is 0 Å². The van der Waals surface area contributed by atoms with Gasteiger partial charge in [0.25, 0.3) is 5.91 Å². The molecule has 0 saturated heterocycles. The first-order valence-corrected chi connectivity index (χ1v) is 9.96. The maximum Gasteiger partial charge on any atom is 0.265 e. The maximum absolute atomic E-state index is 12.6. The molecule has 0 saturated carbocycles. The van der Waals surface area contributed by atoms with Gasteiger partial charge in [-0.25, -0.2) is 4.98 Å². The molecule has 0 aliphatic carbocycles. The quantitative estimate of drug-likeness (QED) is 0.666. The number of halogens is 1.